The average Bonchev–Trinajstić information content (AvgIpc) is 2.77. The first-order valence-corrected chi connectivity index (χ1v) is 11.3. The van der Waals surface area contributed by atoms with Crippen LogP contribution in [0.5, 0.6) is 5.75 Å². The molecule has 1 aliphatic heterocycles. The number of phenolic OH excluding ortho intramolecular Hbond substituents is 1. The molecule has 0 bridgehead atoms. The van der Waals surface area contributed by atoms with Crippen LogP contribution in [0.4, 0.5) is 0 Å². The molecule has 3 fully saturated rings. The normalized spacial score (nSPS) is 24.4. The molecular weight excluding hydrogens is 370 g/mol. The van der Waals surface area contributed by atoms with Crippen molar-refractivity contribution in [1.82, 2.24) is 4.90 Å². The lowest BCUT2D eigenvalue weighted by atomic mass is 9.80. The third-order valence-electron chi connectivity index (χ3n) is 6.92. The third kappa shape index (κ3) is 4.62. The molecule has 1 heterocycles. The average molecular weight is 406 g/mol. The maximum Gasteiger partial charge on any atom is 0.234 e. The molecule has 1 saturated heterocycles. The van der Waals surface area contributed by atoms with Crippen molar-refractivity contribution in [3.05, 3.63) is 29.3 Å². The van der Waals surface area contributed by atoms with Crippen molar-refractivity contribution >= 4 is 0 Å². The van der Waals surface area contributed by atoms with Crippen LogP contribution in [0.25, 0.3) is 0 Å². The predicted octanol–water partition coefficient (Wildman–Crippen LogP) is 5.16. The molecule has 1 aromatic carbocycles. The highest BCUT2D eigenvalue weighted by molar-refractivity contribution is 5.37. The molecule has 0 unspecified atom stereocenters. The molecule has 0 aromatic heterocycles. The van der Waals surface area contributed by atoms with Crippen molar-refractivity contribution in [2.24, 2.45) is 0 Å². The summed E-state index contributed by atoms with van der Waals surface area (Å²) in [6, 6.07) is 6.06. The lowest BCUT2D eigenvalue weighted by Crippen LogP contribution is -2.52. The van der Waals surface area contributed by atoms with Crippen molar-refractivity contribution in [3.63, 3.8) is 0 Å². The fourth-order valence-corrected chi connectivity index (χ4v) is 4.82. The highest BCUT2D eigenvalue weighted by atomic mass is 17.4. The fraction of sp³-hybridized carbons (Fsp3) is 0.739. The van der Waals surface area contributed by atoms with Crippen LogP contribution in [0.3, 0.4) is 0 Å². The maximum atomic E-state index is 10.3. The van der Waals surface area contributed by atoms with E-state index < -0.39 is 11.6 Å². The Morgan fingerprint density at radius 2 is 1.48 bits per heavy atom. The monoisotopic (exact) mass is 405 g/mol. The molecule has 1 aromatic rings. The molecule has 3 aliphatic rings. The van der Waals surface area contributed by atoms with E-state index >= 15 is 0 Å². The van der Waals surface area contributed by atoms with Crippen molar-refractivity contribution in [2.75, 3.05) is 13.1 Å². The van der Waals surface area contributed by atoms with Gasteiger partial charge in [-0.3, -0.25) is 4.90 Å². The zero-order valence-electron chi connectivity index (χ0n) is 17.8. The Bertz CT molecular complexity index is 664. The summed E-state index contributed by atoms with van der Waals surface area (Å²) in [5.41, 5.74) is 2.28. The Kier molecular flexibility index (Phi) is 6.47. The largest absolute Gasteiger partial charge is 0.508 e. The van der Waals surface area contributed by atoms with Crippen LogP contribution < -0.4 is 0 Å². The van der Waals surface area contributed by atoms with Crippen molar-refractivity contribution in [1.29, 1.82) is 0 Å². The summed E-state index contributed by atoms with van der Waals surface area (Å²) >= 11 is 0. The second-order valence-electron chi connectivity index (χ2n) is 8.84. The Morgan fingerprint density at radius 1 is 0.897 bits per heavy atom. The smallest absolute Gasteiger partial charge is 0.234 e. The topological polar surface area (TPSA) is 60.4 Å². The number of aromatic hydroxyl groups is 1. The van der Waals surface area contributed by atoms with Gasteiger partial charge < -0.3 is 5.11 Å². The molecule has 0 atom stereocenters. The van der Waals surface area contributed by atoms with Crippen LogP contribution in [0, 0.1) is 0 Å². The van der Waals surface area contributed by atoms with Gasteiger partial charge in [0, 0.05) is 37.8 Å². The summed E-state index contributed by atoms with van der Waals surface area (Å²) in [5, 5.41) is 10.3. The Morgan fingerprint density at radius 3 is 2.07 bits per heavy atom. The molecule has 6 heteroatoms. The number of hydrogen-bond acceptors (Lipinski definition) is 6. The lowest BCUT2D eigenvalue weighted by Gasteiger charge is -2.46. The highest BCUT2D eigenvalue weighted by Gasteiger charge is 2.50. The van der Waals surface area contributed by atoms with E-state index in [2.05, 4.69) is 30.9 Å². The number of rotatable bonds is 5. The molecule has 0 amide bonds. The van der Waals surface area contributed by atoms with Gasteiger partial charge >= 0.3 is 0 Å². The molecule has 0 radical (unpaired) electrons. The lowest BCUT2D eigenvalue weighted by molar-refractivity contribution is -0.662. The van der Waals surface area contributed by atoms with E-state index in [0.717, 1.165) is 76.6 Å². The van der Waals surface area contributed by atoms with Gasteiger partial charge in [0.05, 0.1) is 0 Å². The molecule has 29 heavy (non-hydrogen) atoms. The molecule has 2 saturated carbocycles. The van der Waals surface area contributed by atoms with Crippen LogP contribution in [-0.2, 0) is 26.1 Å². The Balaban J connectivity index is 1.36. The summed E-state index contributed by atoms with van der Waals surface area (Å²) in [5.74, 6) is -0.669. The van der Waals surface area contributed by atoms with E-state index in [9.17, 15) is 5.11 Å². The first-order chi connectivity index (χ1) is 14.1. The zero-order chi connectivity index (χ0) is 20.3. The summed E-state index contributed by atoms with van der Waals surface area (Å²) in [7, 11) is 0. The van der Waals surface area contributed by atoms with Crippen molar-refractivity contribution < 1.29 is 24.7 Å². The van der Waals surface area contributed by atoms with E-state index in [-0.39, 0.29) is 0 Å². The van der Waals surface area contributed by atoms with Crippen molar-refractivity contribution in [3.8, 4) is 5.75 Å². The predicted molar refractivity (Wildman–Crippen MR) is 109 cm³/mol. The molecular formula is C23H35NO5. The molecule has 2 spiro atoms. The number of phenols is 1. The third-order valence-corrected chi connectivity index (χ3v) is 6.92. The van der Waals surface area contributed by atoms with E-state index in [1.807, 2.05) is 6.07 Å². The minimum atomic E-state index is -0.778. The van der Waals surface area contributed by atoms with E-state index in [0.29, 0.717) is 11.7 Å². The highest BCUT2D eigenvalue weighted by Crippen LogP contribution is 2.47. The Labute approximate surface area is 173 Å². The van der Waals surface area contributed by atoms with E-state index in [1.54, 1.807) is 0 Å². The minimum Gasteiger partial charge on any atom is -0.508 e. The molecule has 1 N–H and O–H groups in total. The van der Waals surface area contributed by atoms with Gasteiger partial charge in [0.2, 0.25) is 11.6 Å². The minimum absolute atomic E-state index is 0.381. The first-order valence-electron chi connectivity index (χ1n) is 11.3. The number of benzene rings is 1. The quantitative estimate of drug-likeness (QED) is 0.683. The van der Waals surface area contributed by atoms with E-state index in [1.165, 1.54) is 12.0 Å². The van der Waals surface area contributed by atoms with Crippen LogP contribution in [0.2, 0.25) is 0 Å². The van der Waals surface area contributed by atoms with Gasteiger partial charge in [0.1, 0.15) is 5.75 Å². The molecule has 4 rings (SSSR count). The van der Waals surface area contributed by atoms with Gasteiger partial charge in [-0.2, -0.15) is 19.6 Å². The standard InChI is InChI=1S/C23H35NO5/c1-3-24(4-2)17-20-16-19(8-9-21(20)25)18-10-14-23(15-11-18)28-26-22(27-29-23)12-6-5-7-13-22/h8-9,16,18,25H,3-7,10-15,17H2,1-2H3. The Hall–Kier alpha value is -1.18. The van der Waals surface area contributed by atoms with Gasteiger partial charge in [-0.15, -0.1) is 0 Å². The molecule has 162 valence electrons. The van der Waals surface area contributed by atoms with Gasteiger partial charge in [-0.25, -0.2) is 0 Å². The van der Waals surface area contributed by atoms with Crippen LogP contribution >= 0.6 is 0 Å². The fourth-order valence-electron chi connectivity index (χ4n) is 4.82. The molecule has 6 nitrogen and oxygen atoms in total. The first kappa shape index (κ1) is 21.1. The number of nitrogens with zero attached hydrogens (tertiary/aromatic N) is 1. The van der Waals surface area contributed by atoms with Crippen LogP contribution in [0.15, 0.2) is 18.2 Å². The van der Waals surface area contributed by atoms with Gasteiger partial charge in [0.25, 0.3) is 0 Å². The summed E-state index contributed by atoms with van der Waals surface area (Å²) < 4.78 is 0. The maximum absolute atomic E-state index is 10.3. The van der Waals surface area contributed by atoms with Gasteiger partial charge in [-0.05, 0) is 56.3 Å². The summed E-state index contributed by atoms with van der Waals surface area (Å²) in [4.78, 5) is 25.5. The molecule has 2 aliphatic carbocycles. The van der Waals surface area contributed by atoms with Crippen LogP contribution in [0.1, 0.15) is 88.7 Å². The summed E-state index contributed by atoms with van der Waals surface area (Å²) in [6.07, 6.45) is 8.38. The second-order valence-corrected chi connectivity index (χ2v) is 8.84. The zero-order valence-corrected chi connectivity index (χ0v) is 17.8. The van der Waals surface area contributed by atoms with Crippen molar-refractivity contribution in [2.45, 2.75) is 95.7 Å². The van der Waals surface area contributed by atoms with Gasteiger partial charge in [0.15, 0.2) is 0 Å². The summed E-state index contributed by atoms with van der Waals surface area (Å²) in [6.45, 7) is 7.03. The number of hydrogen-bond donors (Lipinski definition) is 1. The second kappa shape index (κ2) is 8.90. The van der Waals surface area contributed by atoms with Crippen LogP contribution in [-0.4, -0.2) is 34.7 Å². The van der Waals surface area contributed by atoms with E-state index in [4.69, 9.17) is 19.6 Å². The SMILES string of the molecule is CCN(CC)Cc1cc(C2CCC3(CC2)OOC2(CCCCC2)OO3)ccc1O. The van der Waals surface area contributed by atoms with Gasteiger partial charge in [-0.1, -0.05) is 32.4 Å².